The van der Waals surface area contributed by atoms with Crippen molar-refractivity contribution in [2.75, 3.05) is 11.9 Å². The first-order valence-electron chi connectivity index (χ1n) is 8.29. The Labute approximate surface area is 153 Å². The fourth-order valence-corrected chi connectivity index (χ4v) is 2.76. The second-order valence-electron chi connectivity index (χ2n) is 6.32. The number of aryl methyl sites for hydroxylation is 1. The predicted molar refractivity (Wildman–Crippen MR) is 96.0 cm³/mol. The molecule has 7 heteroatoms. The van der Waals surface area contributed by atoms with Gasteiger partial charge in [-0.05, 0) is 37.6 Å². The van der Waals surface area contributed by atoms with Gasteiger partial charge in [-0.25, -0.2) is 0 Å². The Morgan fingerprint density at radius 1 is 1.19 bits per heavy atom. The van der Waals surface area contributed by atoms with Crippen LogP contribution in [0.5, 0.6) is 5.75 Å². The van der Waals surface area contributed by atoms with Gasteiger partial charge in [0.15, 0.2) is 6.61 Å². The highest BCUT2D eigenvalue weighted by Gasteiger charge is 2.28. The second-order valence-corrected chi connectivity index (χ2v) is 6.32. The molecule has 0 radical (unpaired) electrons. The van der Waals surface area contributed by atoms with Crippen molar-refractivity contribution < 1.29 is 27.1 Å². The first-order valence-corrected chi connectivity index (χ1v) is 8.29. The summed E-state index contributed by atoms with van der Waals surface area (Å²) in [6.07, 6.45) is -2.80. The van der Waals surface area contributed by atoms with Crippen molar-refractivity contribution >= 4 is 22.6 Å². The van der Waals surface area contributed by atoms with Crippen LogP contribution in [-0.2, 0) is 11.2 Å². The van der Waals surface area contributed by atoms with Crippen LogP contribution in [0.3, 0.4) is 0 Å². The summed E-state index contributed by atoms with van der Waals surface area (Å²) >= 11 is 0. The normalized spacial score (nSPS) is 11.6. The van der Waals surface area contributed by atoms with Crippen LogP contribution in [0, 0.1) is 13.8 Å². The van der Waals surface area contributed by atoms with Gasteiger partial charge in [0, 0.05) is 22.2 Å². The van der Waals surface area contributed by atoms with E-state index in [9.17, 15) is 18.0 Å². The molecule has 0 bridgehead atoms. The van der Waals surface area contributed by atoms with Gasteiger partial charge in [-0.1, -0.05) is 18.2 Å². The fraction of sp³-hybridized carbons (Fsp3) is 0.250. The summed E-state index contributed by atoms with van der Waals surface area (Å²) in [4.78, 5) is 12.4. The minimum atomic E-state index is -4.42. The van der Waals surface area contributed by atoms with E-state index in [0.717, 1.165) is 16.5 Å². The third-order valence-corrected chi connectivity index (χ3v) is 4.11. The average Bonchev–Trinajstić information content (AvgIpc) is 2.96. The number of anilines is 1. The van der Waals surface area contributed by atoms with E-state index >= 15 is 0 Å². The van der Waals surface area contributed by atoms with Gasteiger partial charge < -0.3 is 14.5 Å². The monoisotopic (exact) mass is 377 g/mol. The Balaban J connectivity index is 1.72. The molecule has 0 aliphatic rings. The number of hydrogen-bond donors (Lipinski definition) is 1. The molecule has 0 aliphatic heterocycles. The van der Waals surface area contributed by atoms with Crippen molar-refractivity contribution in [3.8, 4) is 5.75 Å². The number of alkyl halides is 3. The highest BCUT2D eigenvalue weighted by Crippen LogP contribution is 2.28. The molecule has 3 aromatic rings. The summed E-state index contributed by atoms with van der Waals surface area (Å²) in [6, 6.07) is 10.3. The Hall–Kier alpha value is -2.96. The molecule has 0 saturated carbocycles. The van der Waals surface area contributed by atoms with Crippen molar-refractivity contribution in [3.63, 3.8) is 0 Å². The summed E-state index contributed by atoms with van der Waals surface area (Å²) in [7, 11) is 0. The number of fused-ring (bicyclic) bond motifs is 1. The van der Waals surface area contributed by atoms with E-state index in [2.05, 4.69) is 5.32 Å². The van der Waals surface area contributed by atoms with Crippen LogP contribution in [0.2, 0.25) is 0 Å². The van der Waals surface area contributed by atoms with E-state index in [0.29, 0.717) is 16.8 Å². The molecule has 0 fully saturated rings. The molecule has 4 nitrogen and oxygen atoms in total. The van der Waals surface area contributed by atoms with Gasteiger partial charge in [0.2, 0.25) is 5.91 Å². The molecule has 1 N–H and O–H groups in total. The maximum absolute atomic E-state index is 12.4. The maximum atomic E-state index is 12.4. The van der Waals surface area contributed by atoms with Gasteiger partial charge in [0.25, 0.3) is 0 Å². The molecule has 2 aromatic carbocycles. The van der Waals surface area contributed by atoms with Gasteiger partial charge in [-0.15, -0.1) is 0 Å². The zero-order valence-corrected chi connectivity index (χ0v) is 14.8. The molecule has 0 saturated heterocycles. The first-order chi connectivity index (χ1) is 12.7. The Kier molecular flexibility index (Phi) is 5.12. The SMILES string of the molecule is Cc1ccc2c(CC(=O)Nc3cccc(OCC(F)(F)F)c3C)coc2c1. The number of carbonyl (C=O) groups is 1. The molecule has 0 aliphatic carbocycles. The zero-order valence-electron chi connectivity index (χ0n) is 14.8. The summed E-state index contributed by atoms with van der Waals surface area (Å²) in [5, 5.41) is 3.58. The largest absolute Gasteiger partial charge is 0.484 e. The topological polar surface area (TPSA) is 51.5 Å². The molecule has 0 atom stereocenters. The third kappa shape index (κ3) is 4.61. The number of furan rings is 1. The number of rotatable bonds is 5. The van der Waals surface area contributed by atoms with Crippen LogP contribution in [0.1, 0.15) is 16.7 Å². The van der Waals surface area contributed by atoms with Gasteiger partial charge in [-0.3, -0.25) is 4.79 Å². The highest BCUT2D eigenvalue weighted by atomic mass is 19.4. The molecule has 142 valence electrons. The Morgan fingerprint density at radius 2 is 1.96 bits per heavy atom. The molecule has 1 aromatic heterocycles. The number of hydrogen-bond acceptors (Lipinski definition) is 3. The molecule has 0 unspecified atom stereocenters. The van der Waals surface area contributed by atoms with E-state index in [4.69, 9.17) is 9.15 Å². The summed E-state index contributed by atoms with van der Waals surface area (Å²) in [5.74, 6) is -0.219. The zero-order chi connectivity index (χ0) is 19.6. The lowest BCUT2D eigenvalue weighted by atomic mass is 10.1. The standard InChI is InChI=1S/C20H18F3NO3/c1-12-6-7-15-14(10-26-18(15)8-12)9-19(25)24-16-4-3-5-17(13(16)2)27-11-20(21,22)23/h3-8,10H,9,11H2,1-2H3,(H,24,25). The van der Waals surface area contributed by atoms with Crippen LogP contribution in [-0.4, -0.2) is 18.7 Å². The second kappa shape index (κ2) is 7.34. The summed E-state index contributed by atoms with van der Waals surface area (Å²) < 4.78 is 47.3. The molecular formula is C20H18F3NO3. The van der Waals surface area contributed by atoms with Crippen molar-refractivity contribution in [2.45, 2.75) is 26.4 Å². The van der Waals surface area contributed by atoms with Crippen molar-refractivity contribution in [3.05, 3.63) is 59.4 Å². The lowest BCUT2D eigenvalue weighted by Gasteiger charge is -2.14. The molecule has 1 amide bonds. The lowest BCUT2D eigenvalue weighted by Crippen LogP contribution is -2.20. The van der Waals surface area contributed by atoms with E-state index in [1.54, 1.807) is 19.3 Å². The van der Waals surface area contributed by atoms with Crippen LogP contribution in [0.25, 0.3) is 11.0 Å². The Bertz CT molecular complexity index is 976. The van der Waals surface area contributed by atoms with Crippen LogP contribution < -0.4 is 10.1 Å². The lowest BCUT2D eigenvalue weighted by molar-refractivity contribution is -0.153. The fourth-order valence-electron chi connectivity index (χ4n) is 2.76. The van der Waals surface area contributed by atoms with Crippen LogP contribution >= 0.6 is 0 Å². The number of halogens is 3. The van der Waals surface area contributed by atoms with Gasteiger partial charge in [0.1, 0.15) is 11.3 Å². The van der Waals surface area contributed by atoms with Crippen molar-refractivity contribution in [1.82, 2.24) is 0 Å². The molecular weight excluding hydrogens is 359 g/mol. The van der Waals surface area contributed by atoms with Crippen LogP contribution in [0.15, 0.2) is 47.1 Å². The minimum Gasteiger partial charge on any atom is -0.484 e. The average molecular weight is 377 g/mol. The summed E-state index contributed by atoms with van der Waals surface area (Å²) in [6.45, 7) is 2.16. The van der Waals surface area contributed by atoms with E-state index in [1.165, 1.54) is 12.1 Å². The Morgan fingerprint density at radius 3 is 2.70 bits per heavy atom. The number of carbonyl (C=O) groups excluding carboxylic acids is 1. The number of benzene rings is 2. The molecule has 27 heavy (non-hydrogen) atoms. The van der Waals surface area contributed by atoms with E-state index < -0.39 is 12.8 Å². The van der Waals surface area contributed by atoms with Crippen LogP contribution in [0.4, 0.5) is 18.9 Å². The van der Waals surface area contributed by atoms with Crippen molar-refractivity contribution in [2.24, 2.45) is 0 Å². The number of nitrogens with one attached hydrogen (secondary N) is 1. The quantitative estimate of drug-likeness (QED) is 0.667. The number of ether oxygens (including phenoxy) is 1. The van der Waals surface area contributed by atoms with Gasteiger partial charge in [0.05, 0.1) is 12.7 Å². The summed E-state index contributed by atoms with van der Waals surface area (Å²) in [5.41, 5.74) is 3.34. The van der Waals surface area contributed by atoms with E-state index in [1.807, 2.05) is 25.1 Å². The van der Waals surface area contributed by atoms with Crippen molar-refractivity contribution in [1.29, 1.82) is 0 Å². The van der Waals surface area contributed by atoms with Gasteiger partial charge in [-0.2, -0.15) is 13.2 Å². The molecule has 0 spiro atoms. The van der Waals surface area contributed by atoms with E-state index in [-0.39, 0.29) is 18.1 Å². The molecule has 3 rings (SSSR count). The maximum Gasteiger partial charge on any atom is 0.422 e. The molecule has 1 heterocycles. The smallest absolute Gasteiger partial charge is 0.422 e. The predicted octanol–water partition coefficient (Wildman–Crippen LogP) is 5.17. The van der Waals surface area contributed by atoms with Gasteiger partial charge >= 0.3 is 6.18 Å². The number of amides is 1. The highest BCUT2D eigenvalue weighted by molar-refractivity contribution is 5.96. The third-order valence-electron chi connectivity index (χ3n) is 4.11. The minimum absolute atomic E-state index is 0.0781. The first kappa shape index (κ1) is 18.8.